The predicted octanol–water partition coefficient (Wildman–Crippen LogP) is 4.49. The van der Waals surface area contributed by atoms with Gasteiger partial charge in [-0.15, -0.1) is 0 Å². The molecule has 22 heavy (non-hydrogen) atoms. The maximum Gasteiger partial charge on any atom is 0.224 e. The fraction of sp³-hybridized carbons (Fsp3) is 0.650. The van der Waals surface area contributed by atoms with E-state index in [9.17, 15) is 4.79 Å². The number of aryl methyl sites for hydroxylation is 3. The third-order valence-electron chi connectivity index (χ3n) is 5.26. The van der Waals surface area contributed by atoms with E-state index in [1.54, 1.807) is 0 Å². The van der Waals surface area contributed by atoms with E-state index in [2.05, 4.69) is 52.1 Å². The molecule has 2 rings (SSSR count). The number of hydrogen-bond donors (Lipinski definition) is 1. The Labute approximate surface area is 135 Å². The molecule has 0 saturated heterocycles. The highest BCUT2D eigenvalue weighted by Gasteiger charge is 2.24. The third-order valence-corrected chi connectivity index (χ3v) is 5.26. The van der Waals surface area contributed by atoms with Gasteiger partial charge in [0, 0.05) is 6.04 Å². The van der Waals surface area contributed by atoms with Crippen molar-refractivity contribution in [3.8, 4) is 0 Å². The molecule has 1 aliphatic carbocycles. The highest BCUT2D eigenvalue weighted by atomic mass is 16.1. The van der Waals surface area contributed by atoms with Crippen molar-refractivity contribution in [2.24, 2.45) is 11.8 Å². The Morgan fingerprint density at radius 1 is 1.09 bits per heavy atom. The maximum atomic E-state index is 12.4. The van der Waals surface area contributed by atoms with Crippen molar-refractivity contribution >= 4 is 5.91 Å². The van der Waals surface area contributed by atoms with Gasteiger partial charge in [0.2, 0.25) is 5.91 Å². The van der Waals surface area contributed by atoms with Crippen molar-refractivity contribution in [1.82, 2.24) is 5.32 Å². The number of benzene rings is 1. The Morgan fingerprint density at radius 2 is 1.64 bits per heavy atom. The Balaban J connectivity index is 1.89. The molecular weight excluding hydrogens is 270 g/mol. The molecule has 1 aromatic rings. The van der Waals surface area contributed by atoms with Gasteiger partial charge in [0.05, 0.1) is 6.42 Å². The molecule has 0 aliphatic heterocycles. The number of carbonyl (C=O) groups is 1. The number of rotatable bonds is 4. The van der Waals surface area contributed by atoms with Gasteiger partial charge in [0.1, 0.15) is 0 Å². The largest absolute Gasteiger partial charge is 0.353 e. The van der Waals surface area contributed by atoms with E-state index < -0.39 is 0 Å². The first-order valence-electron chi connectivity index (χ1n) is 8.73. The Hall–Kier alpha value is -1.31. The van der Waals surface area contributed by atoms with Crippen molar-refractivity contribution in [2.75, 3.05) is 0 Å². The second kappa shape index (κ2) is 7.30. The summed E-state index contributed by atoms with van der Waals surface area (Å²) in [5, 5.41) is 3.26. The number of carbonyl (C=O) groups excluding carboxylic acids is 1. The summed E-state index contributed by atoms with van der Waals surface area (Å²) < 4.78 is 0. The molecule has 0 atom stereocenters. The van der Waals surface area contributed by atoms with Crippen LogP contribution in [0.3, 0.4) is 0 Å². The summed E-state index contributed by atoms with van der Waals surface area (Å²) in [6.45, 7) is 10.9. The van der Waals surface area contributed by atoms with E-state index in [1.807, 2.05) is 0 Å². The number of amides is 1. The highest BCUT2D eigenvalue weighted by molar-refractivity contribution is 5.79. The van der Waals surface area contributed by atoms with Crippen molar-refractivity contribution in [1.29, 1.82) is 0 Å². The van der Waals surface area contributed by atoms with Gasteiger partial charge in [-0.3, -0.25) is 4.79 Å². The van der Waals surface area contributed by atoms with E-state index in [-0.39, 0.29) is 5.91 Å². The standard InChI is InChI=1S/C20H31NO/c1-13(2)17-6-8-18(9-7-17)21-20(22)12-19-15(4)10-14(3)11-16(19)5/h10-11,13,17-18H,6-9,12H2,1-5H3,(H,21,22). The van der Waals surface area contributed by atoms with Crippen LogP contribution in [-0.2, 0) is 11.2 Å². The monoisotopic (exact) mass is 301 g/mol. The van der Waals surface area contributed by atoms with Gasteiger partial charge in [-0.05, 0) is 75.0 Å². The van der Waals surface area contributed by atoms with Crippen LogP contribution in [0.5, 0.6) is 0 Å². The zero-order chi connectivity index (χ0) is 16.3. The fourth-order valence-corrected chi connectivity index (χ4v) is 3.86. The van der Waals surface area contributed by atoms with Crippen molar-refractivity contribution < 1.29 is 4.79 Å². The highest BCUT2D eigenvalue weighted by Crippen LogP contribution is 2.30. The molecule has 0 spiro atoms. The predicted molar refractivity (Wildman–Crippen MR) is 93.1 cm³/mol. The van der Waals surface area contributed by atoms with Crippen LogP contribution in [0.15, 0.2) is 12.1 Å². The maximum absolute atomic E-state index is 12.4. The van der Waals surface area contributed by atoms with Gasteiger partial charge < -0.3 is 5.32 Å². The molecule has 0 unspecified atom stereocenters. The average molecular weight is 301 g/mol. The first kappa shape index (κ1) is 17.1. The van der Waals surface area contributed by atoms with Crippen LogP contribution in [0, 0.1) is 32.6 Å². The molecular formula is C20H31NO. The van der Waals surface area contributed by atoms with Gasteiger partial charge in [0.15, 0.2) is 0 Å². The topological polar surface area (TPSA) is 29.1 Å². The minimum atomic E-state index is 0.183. The molecule has 0 aromatic heterocycles. The van der Waals surface area contributed by atoms with Crippen LogP contribution < -0.4 is 5.32 Å². The Morgan fingerprint density at radius 3 is 2.14 bits per heavy atom. The molecule has 1 saturated carbocycles. The molecule has 1 aromatic carbocycles. The molecule has 2 heteroatoms. The lowest BCUT2D eigenvalue weighted by Gasteiger charge is -2.31. The van der Waals surface area contributed by atoms with E-state index in [4.69, 9.17) is 0 Å². The van der Waals surface area contributed by atoms with Crippen LogP contribution in [-0.4, -0.2) is 11.9 Å². The number of hydrogen-bond acceptors (Lipinski definition) is 1. The molecule has 0 heterocycles. The normalized spacial score (nSPS) is 21.9. The van der Waals surface area contributed by atoms with Crippen LogP contribution >= 0.6 is 0 Å². The molecule has 1 fully saturated rings. The molecule has 1 aliphatic rings. The van der Waals surface area contributed by atoms with Gasteiger partial charge >= 0.3 is 0 Å². The summed E-state index contributed by atoms with van der Waals surface area (Å²) in [5.74, 6) is 1.80. The molecule has 122 valence electrons. The summed E-state index contributed by atoms with van der Waals surface area (Å²) in [6.07, 6.45) is 5.30. The van der Waals surface area contributed by atoms with Crippen molar-refractivity contribution in [3.63, 3.8) is 0 Å². The van der Waals surface area contributed by atoms with Crippen molar-refractivity contribution in [2.45, 2.75) is 72.8 Å². The summed E-state index contributed by atoms with van der Waals surface area (Å²) >= 11 is 0. The molecule has 0 bridgehead atoms. The van der Waals surface area contributed by atoms with E-state index in [1.165, 1.54) is 35.1 Å². The summed E-state index contributed by atoms with van der Waals surface area (Å²) in [4.78, 5) is 12.4. The minimum absolute atomic E-state index is 0.183. The summed E-state index contributed by atoms with van der Waals surface area (Å²) in [7, 11) is 0. The van der Waals surface area contributed by atoms with Crippen LogP contribution in [0.2, 0.25) is 0 Å². The zero-order valence-corrected chi connectivity index (χ0v) is 14.8. The molecule has 1 amide bonds. The lowest BCUT2D eigenvalue weighted by molar-refractivity contribution is -0.121. The minimum Gasteiger partial charge on any atom is -0.353 e. The molecule has 0 radical (unpaired) electrons. The Kier molecular flexibility index (Phi) is 5.66. The fourth-order valence-electron chi connectivity index (χ4n) is 3.86. The van der Waals surface area contributed by atoms with E-state index >= 15 is 0 Å². The third kappa shape index (κ3) is 4.34. The van der Waals surface area contributed by atoms with Gasteiger partial charge in [-0.25, -0.2) is 0 Å². The van der Waals surface area contributed by atoms with Gasteiger partial charge in [-0.1, -0.05) is 31.5 Å². The second-order valence-corrected chi connectivity index (χ2v) is 7.48. The molecule has 2 nitrogen and oxygen atoms in total. The van der Waals surface area contributed by atoms with Crippen molar-refractivity contribution in [3.05, 3.63) is 34.4 Å². The second-order valence-electron chi connectivity index (χ2n) is 7.48. The smallest absolute Gasteiger partial charge is 0.224 e. The quantitative estimate of drug-likeness (QED) is 0.872. The Bertz CT molecular complexity index is 502. The average Bonchev–Trinajstić information content (AvgIpc) is 2.43. The first-order valence-corrected chi connectivity index (χ1v) is 8.73. The summed E-state index contributed by atoms with van der Waals surface area (Å²) in [5.41, 5.74) is 4.93. The van der Waals surface area contributed by atoms with Crippen LogP contribution in [0.1, 0.15) is 61.8 Å². The van der Waals surface area contributed by atoms with E-state index in [0.717, 1.165) is 24.7 Å². The van der Waals surface area contributed by atoms with Gasteiger partial charge in [-0.2, -0.15) is 0 Å². The SMILES string of the molecule is Cc1cc(C)c(CC(=O)NC2CCC(C(C)C)CC2)c(C)c1. The van der Waals surface area contributed by atoms with E-state index in [0.29, 0.717) is 12.5 Å². The summed E-state index contributed by atoms with van der Waals surface area (Å²) in [6, 6.07) is 4.72. The van der Waals surface area contributed by atoms with Gasteiger partial charge in [0.25, 0.3) is 0 Å². The van der Waals surface area contributed by atoms with Crippen LogP contribution in [0.25, 0.3) is 0 Å². The zero-order valence-electron chi connectivity index (χ0n) is 14.8. The number of nitrogens with one attached hydrogen (secondary N) is 1. The lowest BCUT2D eigenvalue weighted by Crippen LogP contribution is -2.39. The molecule has 1 N–H and O–H groups in total. The lowest BCUT2D eigenvalue weighted by atomic mass is 9.79. The first-order chi connectivity index (χ1) is 10.4. The van der Waals surface area contributed by atoms with Crippen LogP contribution in [0.4, 0.5) is 0 Å².